The Balaban J connectivity index is 1.49. The molecule has 0 saturated carbocycles. The van der Waals surface area contributed by atoms with E-state index >= 15 is 0 Å². The Hall–Kier alpha value is -3.99. The Labute approximate surface area is 180 Å². The average Bonchev–Trinajstić information content (AvgIpc) is 2.78. The van der Waals surface area contributed by atoms with Crippen LogP contribution in [0.1, 0.15) is 21.6 Å². The summed E-state index contributed by atoms with van der Waals surface area (Å²) in [6, 6.07) is 24.7. The maximum Gasteiger partial charge on any atom is 0.339 e. The highest BCUT2D eigenvalue weighted by Crippen LogP contribution is 2.27. The van der Waals surface area contributed by atoms with E-state index in [0.717, 1.165) is 22.2 Å². The molecule has 5 heteroatoms. The first-order valence-electron chi connectivity index (χ1n) is 10.0. The van der Waals surface area contributed by atoms with Gasteiger partial charge in [0.25, 0.3) is 5.91 Å². The number of aromatic nitrogens is 1. The van der Waals surface area contributed by atoms with Gasteiger partial charge in [0.15, 0.2) is 6.61 Å². The van der Waals surface area contributed by atoms with Crippen molar-refractivity contribution in [2.24, 2.45) is 0 Å². The number of rotatable bonds is 5. The van der Waals surface area contributed by atoms with Crippen molar-refractivity contribution in [3.63, 3.8) is 0 Å². The van der Waals surface area contributed by atoms with Gasteiger partial charge in [0.05, 0.1) is 11.1 Å². The lowest BCUT2D eigenvalue weighted by Crippen LogP contribution is -2.21. The van der Waals surface area contributed by atoms with Crippen LogP contribution in [0.25, 0.3) is 22.0 Å². The van der Waals surface area contributed by atoms with Gasteiger partial charge < -0.3 is 10.1 Å². The number of hydrogen-bond donors (Lipinski definition) is 1. The fraction of sp³-hybridized carbons (Fsp3) is 0.115. The Morgan fingerprint density at radius 1 is 0.903 bits per heavy atom. The van der Waals surface area contributed by atoms with E-state index in [1.807, 2.05) is 86.6 Å². The molecule has 0 saturated heterocycles. The monoisotopic (exact) mass is 410 g/mol. The zero-order valence-corrected chi connectivity index (χ0v) is 17.4. The molecule has 0 atom stereocenters. The number of ether oxygens (including phenoxy) is 1. The predicted octanol–water partition coefficient (Wildman–Crippen LogP) is 5.31. The molecule has 154 valence electrons. The van der Waals surface area contributed by atoms with Crippen molar-refractivity contribution in [3.05, 3.63) is 95.7 Å². The summed E-state index contributed by atoms with van der Waals surface area (Å²) in [4.78, 5) is 29.7. The molecule has 0 aliphatic carbocycles. The fourth-order valence-electron chi connectivity index (χ4n) is 3.50. The van der Waals surface area contributed by atoms with Crippen molar-refractivity contribution >= 4 is 28.5 Å². The number of nitrogens with one attached hydrogen (secondary N) is 1. The first-order valence-corrected chi connectivity index (χ1v) is 10.0. The van der Waals surface area contributed by atoms with Gasteiger partial charge >= 0.3 is 5.97 Å². The van der Waals surface area contributed by atoms with Crippen molar-refractivity contribution in [2.75, 3.05) is 11.9 Å². The van der Waals surface area contributed by atoms with Crippen molar-refractivity contribution in [1.29, 1.82) is 0 Å². The molecule has 0 aliphatic rings. The van der Waals surface area contributed by atoms with Gasteiger partial charge in [-0.05, 0) is 43.7 Å². The second-order valence-electron chi connectivity index (χ2n) is 7.37. The molecule has 1 aromatic heterocycles. The zero-order chi connectivity index (χ0) is 21.8. The van der Waals surface area contributed by atoms with Gasteiger partial charge in [-0.1, -0.05) is 60.2 Å². The standard InChI is InChI=1S/C26H22N2O3/c1-17-12-13-24-21(14-17)22(15-18(2)27-24)26(30)31-16-25(29)28-23-11-7-6-10-20(23)19-8-4-3-5-9-19/h3-15H,16H2,1-2H3,(H,28,29). The molecule has 0 spiro atoms. The number of pyridine rings is 1. The third-order valence-electron chi connectivity index (χ3n) is 4.93. The quantitative estimate of drug-likeness (QED) is 0.453. The lowest BCUT2D eigenvalue weighted by Gasteiger charge is -2.12. The number of carbonyl (C=O) groups is 2. The van der Waals surface area contributed by atoms with E-state index in [0.29, 0.717) is 22.3 Å². The number of hydrogen-bond acceptors (Lipinski definition) is 4. The van der Waals surface area contributed by atoms with Crippen LogP contribution in [-0.4, -0.2) is 23.5 Å². The second-order valence-corrected chi connectivity index (χ2v) is 7.37. The summed E-state index contributed by atoms with van der Waals surface area (Å²) in [6.07, 6.45) is 0. The summed E-state index contributed by atoms with van der Waals surface area (Å²) in [7, 11) is 0. The van der Waals surface area contributed by atoms with Crippen LogP contribution in [0.5, 0.6) is 0 Å². The van der Waals surface area contributed by atoms with Crippen LogP contribution in [0.3, 0.4) is 0 Å². The molecule has 1 heterocycles. The predicted molar refractivity (Wildman–Crippen MR) is 122 cm³/mol. The number of esters is 1. The van der Waals surface area contributed by atoms with Crippen molar-refractivity contribution in [2.45, 2.75) is 13.8 Å². The van der Waals surface area contributed by atoms with Gasteiger partial charge in [-0.15, -0.1) is 0 Å². The Bertz CT molecular complexity index is 1270. The topological polar surface area (TPSA) is 68.3 Å². The molecule has 0 bridgehead atoms. The second kappa shape index (κ2) is 8.79. The number of fused-ring (bicyclic) bond motifs is 1. The van der Waals surface area contributed by atoms with Gasteiger partial charge in [0.2, 0.25) is 0 Å². The third-order valence-corrected chi connectivity index (χ3v) is 4.93. The summed E-state index contributed by atoms with van der Waals surface area (Å²) >= 11 is 0. The number of benzene rings is 3. The number of anilines is 1. The number of aryl methyl sites for hydroxylation is 2. The van der Waals surface area contributed by atoms with Crippen LogP contribution in [-0.2, 0) is 9.53 Å². The largest absolute Gasteiger partial charge is 0.452 e. The van der Waals surface area contributed by atoms with E-state index in [9.17, 15) is 9.59 Å². The SMILES string of the molecule is Cc1ccc2nc(C)cc(C(=O)OCC(=O)Nc3ccccc3-c3ccccc3)c2c1. The van der Waals surface area contributed by atoms with E-state index in [2.05, 4.69) is 10.3 Å². The molecule has 4 rings (SSSR count). The minimum Gasteiger partial charge on any atom is -0.452 e. The minimum atomic E-state index is -0.549. The first-order chi connectivity index (χ1) is 15.0. The smallest absolute Gasteiger partial charge is 0.339 e. The van der Waals surface area contributed by atoms with Crippen LogP contribution >= 0.6 is 0 Å². The average molecular weight is 410 g/mol. The van der Waals surface area contributed by atoms with Crippen molar-refractivity contribution in [1.82, 2.24) is 4.98 Å². The third kappa shape index (κ3) is 4.61. The molecule has 1 amide bonds. The van der Waals surface area contributed by atoms with Crippen LogP contribution in [0, 0.1) is 13.8 Å². The highest BCUT2D eigenvalue weighted by Gasteiger charge is 2.16. The van der Waals surface area contributed by atoms with Gasteiger partial charge in [-0.3, -0.25) is 9.78 Å². The molecular formula is C26H22N2O3. The molecule has 0 radical (unpaired) electrons. The Morgan fingerprint density at radius 2 is 1.65 bits per heavy atom. The Kier molecular flexibility index (Phi) is 5.76. The number of amides is 1. The molecule has 0 unspecified atom stereocenters. The Morgan fingerprint density at radius 3 is 2.45 bits per heavy atom. The van der Waals surface area contributed by atoms with Crippen LogP contribution in [0.4, 0.5) is 5.69 Å². The van der Waals surface area contributed by atoms with Crippen LogP contribution in [0.15, 0.2) is 78.9 Å². The molecular weight excluding hydrogens is 388 g/mol. The van der Waals surface area contributed by atoms with Gasteiger partial charge in [-0.25, -0.2) is 4.79 Å². The minimum absolute atomic E-state index is 0.378. The van der Waals surface area contributed by atoms with E-state index in [4.69, 9.17) is 4.74 Å². The molecule has 3 aromatic carbocycles. The van der Waals surface area contributed by atoms with Crippen LogP contribution in [0.2, 0.25) is 0 Å². The summed E-state index contributed by atoms with van der Waals surface area (Å²) in [5, 5.41) is 3.56. The van der Waals surface area contributed by atoms with E-state index < -0.39 is 11.9 Å². The maximum absolute atomic E-state index is 12.7. The fourth-order valence-corrected chi connectivity index (χ4v) is 3.50. The van der Waals surface area contributed by atoms with Gasteiger partial charge in [0, 0.05) is 22.3 Å². The van der Waals surface area contributed by atoms with E-state index in [-0.39, 0.29) is 6.61 Å². The van der Waals surface area contributed by atoms with Gasteiger partial charge in [-0.2, -0.15) is 0 Å². The van der Waals surface area contributed by atoms with Crippen LogP contribution < -0.4 is 5.32 Å². The molecule has 0 aliphatic heterocycles. The first kappa shape index (κ1) is 20.3. The van der Waals surface area contributed by atoms with Crippen molar-refractivity contribution < 1.29 is 14.3 Å². The van der Waals surface area contributed by atoms with E-state index in [1.165, 1.54) is 0 Å². The lowest BCUT2D eigenvalue weighted by atomic mass is 10.0. The molecule has 0 fully saturated rings. The summed E-state index contributed by atoms with van der Waals surface area (Å²) in [5.41, 5.74) is 5.41. The lowest BCUT2D eigenvalue weighted by molar-refractivity contribution is -0.119. The highest BCUT2D eigenvalue weighted by atomic mass is 16.5. The number of nitrogens with zero attached hydrogens (tertiary/aromatic N) is 1. The zero-order valence-electron chi connectivity index (χ0n) is 17.4. The van der Waals surface area contributed by atoms with E-state index in [1.54, 1.807) is 6.07 Å². The number of carbonyl (C=O) groups excluding carboxylic acids is 2. The van der Waals surface area contributed by atoms with Crippen molar-refractivity contribution in [3.8, 4) is 11.1 Å². The normalized spacial score (nSPS) is 10.6. The summed E-state index contributed by atoms with van der Waals surface area (Å²) in [6.45, 7) is 3.39. The molecule has 4 aromatic rings. The van der Waals surface area contributed by atoms with Gasteiger partial charge in [0.1, 0.15) is 0 Å². The molecule has 1 N–H and O–H groups in total. The summed E-state index contributed by atoms with van der Waals surface area (Å²) in [5.74, 6) is -0.949. The maximum atomic E-state index is 12.7. The number of para-hydroxylation sites is 1. The molecule has 5 nitrogen and oxygen atoms in total. The highest BCUT2D eigenvalue weighted by molar-refractivity contribution is 6.05. The summed E-state index contributed by atoms with van der Waals surface area (Å²) < 4.78 is 5.33. The molecule has 31 heavy (non-hydrogen) atoms.